The quantitative estimate of drug-likeness (QED) is 0.946. The standard InChI is InChI=1S/C15H13ClFN3O/c1-8-5-6-18-15(19-8)20-14(21)10-7-9(10)13-11(16)3-2-4-12(13)17/h2-6,9-10H,7H2,1H3,(H,18,19,20,21)/t9-,10+/m0/s1. The summed E-state index contributed by atoms with van der Waals surface area (Å²) in [6, 6.07) is 6.29. The topological polar surface area (TPSA) is 54.9 Å². The van der Waals surface area contributed by atoms with Gasteiger partial charge in [-0.1, -0.05) is 17.7 Å². The van der Waals surface area contributed by atoms with Crippen LogP contribution < -0.4 is 5.32 Å². The highest BCUT2D eigenvalue weighted by Gasteiger charge is 2.46. The molecule has 1 saturated carbocycles. The molecule has 1 N–H and O–H groups in total. The third-order valence-corrected chi connectivity index (χ3v) is 3.86. The molecule has 1 aliphatic carbocycles. The van der Waals surface area contributed by atoms with E-state index in [2.05, 4.69) is 15.3 Å². The first-order valence-electron chi connectivity index (χ1n) is 6.60. The molecule has 0 radical (unpaired) electrons. The van der Waals surface area contributed by atoms with E-state index in [-0.39, 0.29) is 29.5 Å². The number of amides is 1. The first-order valence-corrected chi connectivity index (χ1v) is 6.98. The Bertz CT molecular complexity index is 687. The van der Waals surface area contributed by atoms with Crippen LogP contribution in [0.2, 0.25) is 5.02 Å². The fourth-order valence-electron chi connectivity index (χ4n) is 2.38. The van der Waals surface area contributed by atoms with Crippen molar-refractivity contribution >= 4 is 23.5 Å². The summed E-state index contributed by atoms with van der Waals surface area (Å²) >= 11 is 6.02. The maximum absolute atomic E-state index is 13.8. The number of carbonyl (C=O) groups excluding carboxylic acids is 1. The number of aryl methyl sites for hydroxylation is 1. The van der Waals surface area contributed by atoms with Gasteiger partial charge in [-0.25, -0.2) is 14.4 Å². The smallest absolute Gasteiger partial charge is 0.230 e. The molecule has 2 atom stereocenters. The Kier molecular flexibility index (Phi) is 3.59. The molecule has 21 heavy (non-hydrogen) atoms. The Hall–Kier alpha value is -2.01. The second-order valence-corrected chi connectivity index (χ2v) is 5.50. The average Bonchev–Trinajstić information content (AvgIpc) is 3.19. The van der Waals surface area contributed by atoms with Crippen molar-refractivity contribution in [3.8, 4) is 0 Å². The zero-order valence-corrected chi connectivity index (χ0v) is 12.1. The molecule has 1 aliphatic rings. The highest BCUT2D eigenvalue weighted by molar-refractivity contribution is 6.31. The number of nitrogens with zero attached hydrogens (tertiary/aromatic N) is 2. The van der Waals surface area contributed by atoms with E-state index >= 15 is 0 Å². The highest BCUT2D eigenvalue weighted by Crippen LogP contribution is 2.50. The van der Waals surface area contributed by atoms with Gasteiger partial charge in [0.05, 0.1) is 0 Å². The lowest BCUT2D eigenvalue weighted by Crippen LogP contribution is -2.17. The van der Waals surface area contributed by atoms with E-state index in [4.69, 9.17) is 11.6 Å². The van der Waals surface area contributed by atoms with Crippen LogP contribution in [0.25, 0.3) is 0 Å². The monoisotopic (exact) mass is 305 g/mol. The minimum atomic E-state index is -0.366. The Morgan fingerprint density at radius 2 is 2.24 bits per heavy atom. The van der Waals surface area contributed by atoms with Crippen LogP contribution in [-0.4, -0.2) is 15.9 Å². The summed E-state index contributed by atoms with van der Waals surface area (Å²) in [5.74, 6) is -0.767. The molecule has 1 aromatic carbocycles. The van der Waals surface area contributed by atoms with E-state index in [1.807, 2.05) is 6.92 Å². The summed E-state index contributed by atoms with van der Waals surface area (Å²) in [6.07, 6.45) is 2.16. The fourth-order valence-corrected chi connectivity index (χ4v) is 2.68. The van der Waals surface area contributed by atoms with Gasteiger partial charge in [-0.05, 0) is 31.5 Å². The summed E-state index contributed by atoms with van der Waals surface area (Å²) in [5, 5.41) is 3.02. The maximum Gasteiger partial charge on any atom is 0.230 e. The molecule has 3 rings (SSSR count). The van der Waals surface area contributed by atoms with Crippen LogP contribution in [0.1, 0.15) is 23.6 Å². The molecule has 108 valence electrons. The van der Waals surface area contributed by atoms with Crippen molar-refractivity contribution in [1.82, 2.24) is 9.97 Å². The Morgan fingerprint density at radius 1 is 1.43 bits per heavy atom. The van der Waals surface area contributed by atoms with Crippen molar-refractivity contribution in [3.63, 3.8) is 0 Å². The normalized spacial score (nSPS) is 20.1. The lowest BCUT2D eigenvalue weighted by molar-refractivity contribution is -0.117. The molecule has 0 unspecified atom stereocenters. The third kappa shape index (κ3) is 2.88. The molecule has 1 fully saturated rings. The second-order valence-electron chi connectivity index (χ2n) is 5.09. The van der Waals surface area contributed by atoms with Crippen molar-refractivity contribution in [2.45, 2.75) is 19.3 Å². The van der Waals surface area contributed by atoms with Crippen LogP contribution in [0.15, 0.2) is 30.5 Å². The van der Waals surface area contributed by atoms with Gasteiger partial charge in [0.1, 0.15) is 5.82 Å². The predicted molar refractivity (Wildman–Crippen MR) is 77.7 cm³/mol. The van der Waals surface area contributed by atoms with E-state index in [1.165, 1.54) is 6.07 Å². The number of aromatic nitrogens is 2. The van der Waals surface area contributed by atoms with Crippen LogP contribution >= 0.6 is 11.6 Å². The molecule has 0 saturated heterocycles. The van der Waals surface area contributed by atoms with Gasteiger partial charge in [-0.2, -0.15) is 0 Å². The molecule has 0 bridgehead atoms. The van der Waals surface area contributed by atoms with Crippen LogP contribution in [0.4, 0.5) is 10.3 Å². The molecule has 0 spiro atoms. The minimum absolute atomic E-state index is 0.177. The SMILES string of the molecule is Cc1ccnc(NC(=O)[C@@H]2C[C@@H]2c2c(F)cccc2Cl)n1. The molecular weight excluding hydrogens is 293 g/mol. The van der Waals surface area contributed by atoms with Gasteiger partial charge in [0.2, 0.25) is 11.9 Å². The van der Waals surface area contributed by atoms with Crippen molar-refractivity contribution in [2.75, 3.05) is 5.32 Å². The largest absolute Gasteiger partial charge is 0.294 e. The first-order chi connectivity index (χ1) is 10.1. The Morgan fingerprint density at radius 3 is 2.95 bits per heavy atom. The number of hydrogen-bond acceptors (Lipinski definition) is 3. The van der Waals surface area contributed by atoms with Gasteiger partial charge in [0, 0.05) is 34.3 Å². The number of rotatable bonds is 3. The predicted octanol–water partition coefficient (Wildman–Crippen LogP) is 3.32. The van der Waals surface area contributed by atoms with Crippen LogP contribution in [0, 0.1) is 18.7 Å². The molecule has 6 heteroatoms. The van der Waals surface area contributed by atoms with E-state index in [1.54, 1.807) is 24.4 Å². The van der Waals surface area contributed by atoms with E-state index in [9.17, 15) is 9.18 Å². The summed E-state index contributed by atoms with van der Waals surface area (Å²) in [6.45, 7) is 1.82. The van der Waals surface area contributed by atoms with Gasteiger partial charge in [-0.15, -0.1) is 0 Å². The molecule has 1 heterocycles. The van der Waals surface area contributed by atoms with Gasteiger partial charge in [0.25, 0.3) is 0 Å². The number of anilines is 1. The summed E-state index contributed by atoms with van der Waals surface area (Å²) < 4.78 is 13.8. The molecule has 2 aromatic rings. The number of carbonyl (C=O) groups is 1. The van der Waals surface area contributed by atoms with Gasteiger partial charge < -0.3 is 0 Å². The summed E-state index contributed by atoms with van der Waals surface area (Å²) in [4.78, 5) is 20.2. The Balaban J connectivity index is 1.72. The van der Waals surface area contributed by atoms with Crippen LogP contribution in [-0.2, 0) is 4.79 Å². The zero-order valence-electron chi connectivity index (χ0n) is 11.3. The number of halogens is 2. The lowest BCUT2D eigenvalue weighted by Gasteiger charge is -2.06. The lowest BCUT2D eigenvalue weighted by atomic mass is 10.1. The third-order valence-electron chi connectivity index (χ3n) is 3.53. The van der Waals surface area contributed by atoms with Crippen LogP contribution in [0.3, 0.4) is 0 Å². The first kappa shape index (κ1) is 13.9. The van der Waals surface area contributed by atoms with Crippen LogP contribution in [0.5, 0.6) is 0 Å². The number of nitrogens with one attached hydrogen (secondary N) is 1. The van der Waals surface area contributed by atoms with Gasteiger partial charge >= 0.3 is 0 Å². The molecule has 4 nitrogen and oxygen atoms in total. The van der Waals surface area contributed by atoms with E-state index in [0.29, 0.717) is 17.0 Å². The maximum atomic E-state index is 13.8. The average molecular weight is 306 g/mol. The molecule has 1 amide bonds. The van der Waals surface area contributed by atoms with Crippen molar-refractivity contribution < 1.29 is 9.18 Å². The number of benzene rings is 1. The summed E-state index contributed by atoms with van der Waals surface area (Å²) in [5.41, 5.74) is 1.19. The van der Waals surface area contributed by atoms with E-state index < -0.39 is 0 Å². The minimum Gasteiger partial charge on any atom is -0.294 e. The zero-order chi connectivity index (χ0) is 15.0. The van der Waals surface area contributed by atoms with Crippen molar-refractivity contribution in [1.29, 1.82) is 0 Å². The fraction of sp³-hybridized carbons (Fsp3) is 0.267. The highest BCUT2D eigenvalue weighted by atomic mass is 35.5. The molecular formula is C15H13ClFN3O. The molecule has 0 aliphatic heterocycles. The van der Waals surface area contributed by atoms with Crippen molar-refractivity contribution in [2.24, 2.45) is 5.92 Å². The summed E-state index contributed by atoms with van der Waals surface area (Å²) in [7, 11) is 0. The van der Waals surface area contributed by atoms with Crippen molar-refractivity contribution in [3.05, 3.63) is 52.6 Å². The van der Waals surface area contributed by atoms with Gasteiger partial charge in [0.15, 0.2) is 0 Å². The Labute approximate surface area is 126 Å². The number of hydrogen-bond donors (Lipinski definition) is 1. The molecule has 1 aromatic heterocycles. The van der Waals surface area contributed by atoms with Gasteiger partial charge in [-0.3, -0.25) is 10.1 Å². The van der Waals surface area contributed by atoms with E-state index in [0.717, 1.165) is 5.69 Å². The second kappa shape index (κ2) is 5.41.